The molecule has 2 aromatic carbocycles. The van der Waals surface area contributed by atoms with E-state index in [2.05, 4.69) is 34.1 Å². The number of nitrogens with zero attached hydrogens (tertiary/aromatic N) is 4. The zero-order valence-corrected chi connectivity index (χ0v) is 16.0. The highest BCUT2D eigenvalue weighted by atomic mass is 32.2. The number of rotatable bonds is 4. The van der Waals surface area contributed by atoms with E-state index in [-0.39, 0.29) is 6.04 Å². The lowest BCUT2D eigenvalue weighted by molar-refractivity contribution is 0.375. The van der Waals surface area contributed by atoms with Crippen molar-refractivity contribution in [3.05, 3.63) is 71.5 Å². The summed E-state index contributed by atoms with van der Waals surface area (Å²) in [6, 6.07) is 13.4. The quantitative estimate of drug-likeness (QED) is 0.696. The molecule has 0 saturated carbocycles. The number of fused-ring (bicyclic) bond motifs is 1. The first-order chi connectivity index (χ1) is 13.0. The van der Waals surface area contributed by atoms with Crippen molar-refractivity contribution < 1.29 is 8.42 Å². The molecule has 1 atom stereocenters. The van der Waals surface area contributed by atoms with Crippen LogP contribution < -0.4 is 0 Å². The van der Waals surface area contributed by atoms with E-state index in [9.17, 15) is 8.42 Å². The van der Waals surface area contributed by atoms with Gasteiger partial charge in [-0.05, 0) is 35.2 Å². The number of aromatic nitrogens is 2. The molecule has 0 saturated heterocycles. The minimum absolute atomic E-state index is 0.382. The van der Waals surface area contributed by atoms with Crippen molar-refractivity contribution in [2.45, 2.75) is 25.8 Å². The fourth-order valence-electron chi connectivity index (χ4n) is 3.34. The molecule has 0 unspecified atom stereocenters. The van der Waals surface area contributed by atoms with E-state index in [0.717, 1.165) is 34.3 Å². The molecule has 0 aliphatic carbocycles. The Balaban J connectivity index is 1.73. The predicted molar refractivity (Wildman–Crippen MR) is 106 cm³/mol. The first-order valence-electron chi connectivity index (χ1n) is 8.82. The van der Waals surface area contributed by atoms with E-state index >= 15 is 0 Å². The molecule has 0 fully saturated rings. The van der Waals surface area contributed by atoms with E-state index < -0.39 is 10.0 Å². The lowest BCUT2D eigenvalue weighted by Gasteiger charge is -2.21. The van der Waals surface area contributed by atoms with E-state index in [4.69, 9.17) is 0 Å². The average molecular weight is 380 g/mol. The molecule has 0 amide bonds. The van der Waals surface area contributed by atoms with Crippen LogP contribution in [0.5, 0.6) is 0 Å². The van der Waals surface area contributed by atoms with Crippen molar-refractivity contribution in [2.75, 3.05) is 6.26 Å². The molecule has 1 aliphatic rings. The molecule has 4 rings (SSSR count). The fraction of sp³-hybridized carbons (Fsp3) is 0.250. The van der Waals surface area contributed by atoms with Crippen molar-refractivity contribution in [2.24, 2.45) is 5.10 Å². The molecule has 2 heterocycles. The molecule has 27 heavy (non-hydrogen) atoms. The Labute approximate surface area is 158 Å². The summed E-state index contributed by atoms with van der Waals surface area (Å²) >= 11 is 0. The third-order valence-corrected chi connectivity index (χ3v) is 5.80. The number of hydrogen-bond acceptors (Lipinski definition) is 5. The summed E-state index contributed by atoms with van der Waals surface area (Å²) in [6.07, 6.45) is 5.94. The van der Waals surface area contributed by atoms with Gasteiger partial charge in [-0.2, -0.15) is 9.52 Å². The lowest BCUT2D eigenvalue weighted by Crippen LogP contribution is -2.25. The minimum Gasteiger partial charge on any atom is -0.253 e. The van der Waals surface area contributed by atoms with Crippen molar-refractivity contribution in [1.29, 1.82) is 0 Å². The van der Waals surface area contributed by atoms with Crippen molar-refractivity contribution in [3.63, 3.8) is 0 Å². The van der Waals surface area contributed by atoms with Gasteiger partial charge in [-0.3, -0.25) is 9.97 Å². The van der Waals surface area contributed by atoms with Crippen LogP contribution >= 0.6 is 0 Å². The predicted octanol–water partition coefficient (Wildman–Crippen LogP) is 3.30. The third-order valence-electron chi connectivity index (χ3n) is 4.79. The first kappa shape index (κ1) is 17.6. The second-order valence-corrected chi connectivity index (χ2v) is 8.50. The highest BCUT2D eigenvalue weighted by Gasteiger charge is 2.34. The topological polar surface area (TPSA) is 75.5 Å². The Morgan fingerprint density at radius 2 is 1.74 bits per heavy atom. The largest absolute Gasteiger partial charge is 0.253 e. The summed E-state index contributed by atoms with van der Waals surface area (Å²) in [5.74, 6) is 0. The summed E-state index contributed by atoms with van der Waals surface area (Å²) in [5, 5.41) is 4.45. The van der Waals surface area contributed by atoms with Crippen LogP contribution in [0.4, 0.5) is 0 Å². The fourth-order valence-corrected chi connectivity index (χ4v) is 4.24. The van der Waals surface area contributed by atoms with Gasteiger partial charge in [0.15, 0.2) is 0 Å². The molecule has 0 radical (unpaired) electrons. The molecule has 1 aromatic heterocycles. The van der Waals surface area contributed by atoms with Gasteiger partial charge < -0.3 is 0 Å². The molecule has 3 aromatic rings. The molecule has 0 spiro atoms. The number of hydrazone groups is 1. The highest BCUT2D eigenvalue weighted by Crippen LogP contribution is 2.35. The Morgan fingerprint density at radius 3 is 2.41 bits per heavy atom. The van der Waals surface area contributed by atoms with Gasteiger partial charge in [-0.15, -0.1) is 0 Å². The van der Waals surface area contributed by atoms with Crippen LogP contribution in [0.2, 0.25) is 0 Å². The number of benzene rings is 2. The van der Waals surface area contributed by atoms with Crippen LogP contribution in [0, 0.1) is 0 Å². The van der Waals surface area contributed by atoms with Gasteiger partial charge in [-0.25, -0.2) is 8.42 Å². The molecule has 7 heteroatoms. The van der Waals surface area contributed by atoms with E-state index in [1.165, 1.54) is 16.2 Å². The zero-order valence-electron chi connectivity index (χ0n) is 15.2. The SMILES string of the molecule is CCc1ccc(C2=NN(S(C)(=O)=O)[C@@H](c3ccc4nccnc4c3)C2)cc1. The van der Waals surface area contributed by atoms with Crippen LogP contribution in [0.1, 0.15) is 36.1 Å². The van der Waals surface area contributed by atoms with Gasteiger partial charge in [-0.1, -0.05) is 37.3 Å². The van der Waals surface area contributed by atoms with Crippen LogP contribution in [0.25, 0.3) is 11.0 Å². The maximum Gasteiger partial charge on any atom is 0.247 e. The van der Waals surface area contributed by atoms with Gasteiger partial charge >= 0.3 is 0 Å². The minimum atomic E-state index is -3.50. The highest BCUT2D eigenvalue weighted by molar-refractivity contribution is 7.88. The van der Waals surface area contributed by atoms with Gasteiger partial charge in [0.1, 0.15) is 0 Å². The van der Waals surface area contributed by atoms with E-state index in [1.54, 1.807) is 12.4 Å². The number of aryl methyl sites for hydroxylation is 1. The summed E-state index contributed by atoms with van der Waals surface area (Å²) in [6.45, 7) is 2.10. The Morgan fingerprint density at radius 1 is 1.04 bits per heavy atom. The molecular weight excluding hydrogens is 360 g/mol. The zero-order chi connectivity index (χ0) is 19.0. The van der Waals surface area contributed by atoms with Gasteiger partial charge in [0.25, 0.3) is 0 Å². The van der Waals surface area contributed by atoms with Crippen LogP contribution in [-0.4, -0.2) is 34.8 Å². The lowest BCUT2D eigenvalue weighted by atomic mass is 9.98. The first-order valence-corrected chi connectivity index (χ1v) is 10.7. The molecule has 1 aliphatic heterocycles. The maximum atomic E-state index is 12.3. The molecule has 0 bridgehead atoms. The van der Waals surface area contributed by atoms with Crippen LogP contribution in [-0.2, 0) is 16.4 Å². The summed E-state index contributed by atoms with van der Waals surface area (Å²) in [5.41, 5.74) is 5.33. The number of sulfonamides is 1. The molecule has 0 N–H and O–H groups in total. The van der Waals surface area contributed by atoms with Gasteiger partial charge in [0.05, 0.1) is 29.0 Å². The monoisotopic (exact) mass is 380 g/mol. The maximum absolute atomic E-state index is 12.3. The second kappa shape index (κ2) is 6.74. The smallest absolute Gasteiger partial charge is 0.247 e. The standard InChI is InChI=1S/C20H20N4O2S/c1-3-14-4-6-15(7-5-14)18-13-20(24(23-18)27(2,25)26)16-8-9-17-19(12-16)22-11-10-21-17/h4-12,20H,3,13H2,1-2H3/t20-/m1/s1. The van der Waals surface area contributed by atoms with E-state index in [1.807, 2.05) is 30.3 Å². The van der Waals surface area contributed by atoms with Gasteiger partial charge in [0.2, 0.25) is 10.0 Å². The van der Waals surface area contributed by atoms with Crippen LogP contribution in [0.3, 0.4) is 0 Å². The van der Waals surface area contributed by atoms with Crippen molar-refractivity contribution in [1.82, 2.24) is 14.4 Å². The van der Waals surface area contributed by atoms with Crippen LogP contribution in [0.15, 0.2) is 60.0 Å². The Kier molecular flexibility index (Phi) is 4.39. The molecular formula is C20H20N4O2S. The van der Waals surface area contributed by atoms with Gasteiger partial charge in [0, 0.05) is 18.8 Å². The second-order valence-electron chi connectivity index (χ2n) is 6.66. The van der Waals surface area contributed by atoms with Crippen molar-refractivity contribution >= 4 is 26.8 Å². The van der Waals surface area contributed by atoms with E-state index in [0.29, 0.717) is 6.42 Å². The number of hydrogen-bond donors (Lipinski definition) is 0. The normalized spacial score (nSPS) is 17.3. The Bertz CT molecular complexity index is 1120. The molecule has 138 valence electrons. The average Bonchev–Trinajstić information content (AvgIpc) is 3.14. The van der Waals surface area contributed by atoms with Crippen molar-refractivity contribution in [3.8, 4) is 0 Å². The third kappa shape index (κ3) is 3.42. The summed E-state index contributed by atoms with van der Waals surface area (Å²) < 4.78 is 25.9. The summed E-state index contributed by atoms with van der Waals surface area (Å²) in [7, 11) is -3.50. The molecule has 6 nitrogen and oxygen atoms in total. The Hall–Kier alpha value is -2.80. The summed E-state index contributed by atoms with van der Waals surface area (Å²) in [4.78, 5) is 8.60.